The van der Waals surface area contributed by atoms with E-state index in [4.69, 9.17) is 9.47 Å². The molecule has 1 saturated carbocycles. The summed E-state index contributed by atoms with van der Waals surface area (Å²) < 4.78 is 11.1. The summed E-state index contributed by atoms with van der Waals surface area (Å²) in [6.45, 7) is 11.3. The number of likely N-dealkylation sites (tertiary alicyclic amines) is 1. The number of ether oxygens (including phenoxy) is 2. The largest absolute Gasteiger partial charge is 0.444 e. The number of nitrogens with one attached hydrogen (secondary N) is 1. The summed E-state index contributed by atoms with van der Waals surface area (Å²) in [4.78, 5) is 14.1. The Bertz CT molecular complexity index is 375. The maximum absolute atomic E-state index is 12.2. The molecular weight excluding hydrogens is 292 g/mol. The zero-order chi connectivity index (χ0) is 16.9. The smallest absolute Gasteiger partial charge is 0.410 e. The molecule has 2 rings (SSSR count). The van der Waals surface area contributed by atoms with Gasteiger partial charge in [-0.15, -0.1) is 0 Å². The third kappa shape index (κ3) is 6.30. The van der Waals surface area contributed by atoms with Crippen molar-refractivity contribution in [2.75, 3.05) is 26.2 Å². The van der Waals surface area contributed by atoms with Gasteiger partial charge in [-0.25, -0.2) is 4.79 Å². The second-order valence-electron chi connectivity index (χ2n) is 7.92. The van der Waals surface area contributed by atoms with Crippen LogP contribution in [0.2, 0.25) is 0 Å². The first kappa shape index (κ1) is 18.5. The van der Waals surface area contributed by atoms with Crippen LogP contribution >= 0.6 is 0 Å². The van der Waals surface area contributed by atoms with Crippen LogP contribution in [-0.4, -0.2) is 55.0 Å². The molecular formula is C18H34N2O3. The fourth-order valence-electron chi connectivity index (χ4n) is 3.39. The minimum Gasteiger partial charge on any atom is -0.444 e. The minimum absolute atomic E-state index is 0.159. The number of amides is 1. The fourth-order valence-corrected chi connectivity index (χ4v) is 3.39. The van der Waals surface area contributed by atoms with Gasteiger partial charge in [-0.05, 0) is 72.3 Å². The molecule has 5 heteroatoms. The normalized spacial score (nSPS) is 28.3. The van der Waals surface area contributed by atoms with Crippen LogP contribution < -0.4 is 5.32 Å². The van der Waals surface area contributed by atoms with Gasteiger partial charge >= 0.3 is 6.09 Å². The van der Waals surface area contributed by atoms with Gasteiger partial charge in [0.05, 0.1) is 6.10 Å². The molecule has 1 aliphatic heterocycles. The molecule has 1 atom stereocenters. The zero-order valence-electron chi connectivity index (χ0n) is 15.3. The van der Waals surface area contributed by atoms with E-state index in [1.807, 2.05) is 25.7 Å². The van der Waals surface area contributed by atoms with Crippen molar-refractivity contribution in [3.8, 4) is 0 Å². The molecule has 1 amide bonds. The van der Waals surface area contributed by atoms with E-state index in [0.717, 1.165) is 51.9 Å². The first-order valence-corrected chi connectivity index (χ1v) is 9.20. The lowest BCUT2D eigenvalue weighted by Crippen LogP contribution is -2.47. The highest BCUT2D eigenvalue weighted by molar-refractivity contribution is 5.68. The number of piperidine rings is 1. The Hall–Kier alpha value is -0.810. The predicted octanol–water partition coefficient (Wildman–Crippen LogP) is 3.18. The second-order valence-corrected chi connectivity index (χ2v) is 7.92. The van der Waals surface area contributed by atoms with Crippen molar-refractivity contribution in [2.24, 2.45) is 5.92 Å². The highest BCUT2D eigenvalue weighted by atomic mass is 16.6. The molecule has 2 fully saturated rings. The third-order valence-corrected chi connectivity index (χ3v) is 4.65. The molecule has 1 aliphatic carbocycles. The number of hydrogen-bond donors (Lipinski definition) is 1. The zero-order valence-corrected chi connectivity index (χ0v) is 15.3. The molecule has 0 aromatic rings. The number of carbonyl (C=O) groups is 1. The summed E-state index contributed by atoms with van der Waals surface area (Å²) in [7, 11) is 0. The fraction of sp³-hybridized carbons (Fsp3) is 0.944. The predicted molar refractivity (Wildman–Crippen MR) is 91.6 cm³/mol. The number of carbonyl (C=O) groups excluding carboxylic acids is 1. The van der Waals surface area contributed by atoms with Crippen molar-refractivity contribution in [3.63, 3.8) is 0 Å². The lowest BCUT2D eigenvalue weighted by molar-refractivity contribution is -0.0104. The third-order valence-electron chi connectivity index (χ3n) is 4.65. The lowest BCUT2D eigenvalue weighted by atomic mass is 9.88. The van der Waals surface area contributed by atoms with Crippen molar-refractivity contribution in [1.29, 1.82) is 0 Å². The van der Waals surface area contributed by atoms with E-state index in [-0.39, 0.29) is 6.09 Å². The average molecular weight is 326 g/mol. The lowest BCUT2D eigenvalue weighted by Gasteiger charge is -2.37. The van der Waals surface area contributed by atoms with Crippen molar-refractivity contribution < 1.29 is 14.3 Å². The monoisotopic (exact) mass is 326 g/mol. The van der Waals surface area contributed by atoms with Crippen LogP contribution in [0.1, 0.15) is 59.8 Å². The summed E-state index contributed by atoms with van der Waals surface area (Å²) in [5.41, 5.74) is -0.410. The van der Waals surface area contributed by atoms with Crippen LogP contribution in [0.25, 0.3) is 0 Å². The Balaban J connectivity index is 1.62. The quantitative estimate of drug-likeness (QED) is 0.814. The maximum Gasteiger partial charge on any atom is 0.410 e. The molecule has 1 heterocycles. The van der Waals surface area contributed by atoms with Gasteiger partial charge in [0, 0.05) is 25.7 Å². The van der Waals surface area contributed by atoms with Crippen molar-refractivity contribution >= 4 is 6.09 Å². The summed E-state index contributed by atoms with van der Waals surface area (Å²) in [5, 5.41) is 3.62. The number of nitrogens with zero attached hydrogens (tertiary/aromatic N) is 1. The van der Waals surface area contributed by atoms with Gasteiger partial charge in [0.2, 0.25) is 0 Å². The highest BCUT2D eigenvalue weighted by Crippen LogP contribution is 2.24. The molecule has 0 bridgehead atoms. The highest BCUT2D eigenvalue weighted by Gasteiger charge is 2.30. The van der Waals surface area contributed by atoms with E-state index < -0.39 is 5.60 Å². The van der Waals surface area contributed by atoms with Crippen LogP contribution in [0.3, 0.4) is 0 Å². The van der Waals surface area contributed by atoms with E-state index in [9.17, 15) is 4.79 Å². The Morgan fingerprint density at radius 2 is 2.04 bits per heavy atom. The molecule has 0 aromatic carbocycles. The first-order chi connectivity index (χ1) is 10.9. The van der Waals surface area contributed by atoms with Crippen LogP contribution in [0.4, 0.5) is 4.79 Å². The molecule has 2 aliphatic rings. The molecule has 134 valence electrons. The molecule has 1 unspecified atom stereocenters. The van der Waals surface area contributed by atoms with Gasteiger partial charge in [0.25, 0.3) is 0 Å². The summed E-state index contributed by atoms with van der Waals surface area (Å²) in [6.07, 6.45) is 6.02. The molecule has 1 N–H and O–H groups in total. The van der Waals surface area contributed by atoms with Crippen LogP contribution in [-0.2, 0) is 9.47 Å². The molecule has 0 radical (unpaired) electrons. The Morgan fingerprint density at radius 3 is 2.70 bits per heavy atom. The Kier molecular flexibility index (Phi) is 6.72. The van der Waals surface area contributed by atoms with E-state index in [1.54, 1.807) is 0 Å². The van der Waals surface area contributed by atoms with Gasteiger partial charge in [-0.3, -0.25) is 0 Å². The van der Waals surface area contributed by atoms with Gasteiger partial charge in [-0.2, -0.15) is 0 Å². The maximum atomic E-state index is 12.2. The topological polar surface area (TPSA) is 50.8 Å². The van der Waals surface area contributed by atoms with E-state index >= 15 is 0 Å². The summed E-state index contributed by atoms with van der Waals surface area (Å²) in [5.74, 6) is 0.589. The average Bonchev–Trinajstić information content (AvgIpc) is 2.43. The SMILES string of the molecule is CCOC1CC(NCCC2CCCN(C(=O)OC(C)(C)C)C2)C1. The van der Waals surface area contributed by atoms with Crippen molar-refractivity contribution in [3.05, 3.63) is 0 Å². The first-order valence-electron chi connectivity index (χ1n) is 9.20. The summed E-state index contributed by atoms with van der Waals surface area (Å²) >= 11 is 0. The Labute approximate surface area is 141 Å². The number of rotatable bonds is 6. The van der Waals surface area contributed by atoms with Crippen molar-refractivity contribution in [1.82, 2.24) is 10.2 Å². The van der Waals surface area contributed by atoms with Crippen LogP contribution in [0.15, 0.2) is 0 Å². The van der Waals surface area contributed by atoms with Crippen LogP contribution in [0, 0.1) is 5.92 Å². The molecule has 0 aromatic heterocycles. The number of hydrogen-bond acceptors (Lipinski definition) is 4. The van der Waals surface area contributed by atoms with E-state index in [0.29, 0.717) is 18.1 Å². The molecule has 0 spiro atoms. The van der Waals surface area contributed by atoms with E-state index in [2.05, 4.69) is 12.2 Å². The molecule has 1 saturated heterocycles. The minimum atomic E-state index is -0.410. The van der Waals surface area contributed by atoms with Crippen molar-refractivity contribution in [2.45, 2.75) is 77.5 Å². The standard InChI is InChI=1S/C18H34N2O3/c1-5-22-16-11-15(12-16)19-9-8-14-7-6-10-20(13-14)17(21)23-18(2,3)4/h14-16,19H,5-13H2,1-4H3. The Morgan fingerprint density at radius 1 is 1.30 bits per heavy atom. The van der Waals surface area contributed by atoms with Gasteiger partial charge < -0.3 is 19.7 Å². The van der Waals surface area contributed by atoms with Gasteiger partial charge in [0.15, 0.2) is 0 Å². The molecule has 5 nitrogen and oxygen atoms in total. The second kappa shape index (κ2) is 8.34. The van der Waals surface area contributed by atoms with E-state index in [1.165, 1.54) is 6.42 Å². The van der Waals surface area contributed by atoms with Crippen LogP contribution in [0.5, 0.6) is 0 Å². The molecule has 23 heavy (non-hydrogen) atoms. The van der Waals surface area contributed by atoms with Gasteiger partial charge in [0.1, 0.15) is 5.60 Å². The van der Waals surface area contributed by atoms with Gasteiger partial charge in [-0.1, -0.05) is 0 Å². The summed E-state index contributed by atoms with van der Waals surface area (Å²) in [6, 6.07) is 0.622.